The monoisotopic (exact) mass is 378 g/mol. The van der Waals surface area contributed by atoms with E-state index in [1.807, 2.05) is 12.1 Å². The number of aromatic nitrogens is 2. The van der Waals surface area contributed by atoms with Gasteiger partial charge >= 0.3 is 5.69 Å². The number of halogens is 2. The molecule has 2 N–H and O–H groups in total. The van der Waals surface area contributed by atoms with Gasteiger partial charge in [0.15, 0.2) is 0 Å². The normalized spacial score (nSPS) is 11.3. The molecule has 0 amide bonds. The summed E-state index contributed by atoms with van der Waals surface area (Å²) >= 11 is 6.78. The van der Waals surface area contributed by atoms with Crippen LogP contribution in [0.2, 0.25) is 0 Å². The van der Waals surface area contributed by atoms with Crippen LogP contribution >= 0.6 is 31.9 Å². The highest BCUT2D eigenvalue weighted by Crippen LogP contribution is 2.28. The molecule has 0 saturated carbocycles. The Labute approximate surface area is 120 Å². The largest absolute Gasteiger partial charge is 0.395 e. The van der Waals surface area contributed by atoms with E-state index in [0.29, 0.717) is 0 Å². The summed E-state index contributed by atoms with van der Waals surface area (Å²) in [6.07, 6.45) is 0. The van der Waals surface area contributed by atoms with Crippen molar-refractivity contribution >= 4 is 42.9 Å². The van der Waals surface area contributed by atoms with Crippen LogP contribution in [0, 0.1) is 0 Å². The van der Waals surface area contributed by atoms with E-state index in [9.17, 15) is 4.79 Å². The van der Waals surface area contributed by atoms with Gasteiger partial charge in [-0.2, -0.15) is 0 Å². The van der Waals surface area contributed by atoms with Gasteiger partial charge in [0.25, 0.3) is 0 Å². The Bertz CT molecular complexity index is 581. The number of hydrogen-bond acceptors (Lipinski definition) is 3. The summed E-state index contributed by atoms with van der Waals surface area (Å²) in [6.45, 7) is 0.265. The minimum atomic E-state index is -0.224. The van der Waals surface area contributed by atoms with Crippen molar-refractivity contribution in [3.63, 3.8) is 0 Å². The molecule has 5 nitrogen and oxygen atoms in total. The first kappa shape index (κ1) is 13.8. The molecule has 0 radical (unpaired) electrons. The first-order valence-electron chi connectivity index (χ1n) is 5.40. The molecule has 18 heavy (non-hydrogen) atoms. The van der Waals surface area contributed by atoms with E-state index in [-0.39, 0.29) is 32.0 Å². The molecule has 0 atom stereocenters. The van der Waals surface area contributed by atoms with Crippen LogP contribution in [0.4, 0.5) is 0 Å². The maximum atomic E-state index is 12.2. The summed E-state index contributed by atoms with van der Waals surface area (Å²) in [4.78, 5) is 12.2. The molecule has 0 saturated heterocycles. The number of hydrogen-bond donors (Lipinski definition) is 2. The first-order chi connectivity index (χ1) is 8.60. The summed E-state index contributed by atoms with van der Waals surface area (Å²) in [6, 6.07) is 3.65. The van der Waals surface area contributed by atoms with Crippen molar-refractivity contribution in [2.45, 2.75) is 13.1 Å². The number of rotatable bonds is 4. The number of aliphatic hydroxyl groups excluding tert-OH is 2. The predicted octanol–water partition coefficient (Wildman–Crippen LogP) is 1.31. The SMILES string of the molecule is O=c1n(CCO)c2cc(Br)c(Br)cc2n1CCO. The molecule has 0 aliphatic carbocycles. The third-order valence-electron chi connectivity index (χ3n) is 2.71. The van der Waals surface area contributed by atoms with Crippen LogP contribution in [-0.4, -0.2) is 32.6 Å². The molecular weight excluding hydrogens is 368 g/mol. The molecule has 98 valence electrons. The van der Waals surface area contributed by atoms with E-state index in [0.717, 1.165) is 20.0 Å². The summed E-state index contributed by atoms with van der Waals surface area (Å²) in [7, 11) is 0. The topological polar surface area (TPSA) is 67.4 Å². The fourth-order valence-corrected chi connectivity index (χ4v) is 2.60. The second kappa shape index (κ2) is 5.56. The van der Waals surface area contributed by atoms with Crippen LogP contribution in [0.15, 0.2) is 25.9 Å². The molecule has 0 unspecified atom stereocenters. The van der Waals surface area contributed by atoms with E-state index in [4.69, 9.17) is 10.2 Å². The van der Waals surface area contributed by atoms with Crippen molar-refractivity contribution < 1.29 is 10.2 Å². The van der Waals surface area contributed by atoms with E-state index in [2.05, 4.69) is 31.9 Å². The smallest absolute Gasteiger partial charge is 0.329 e. The number of aliphatic hydroxyl groups is 2. The quantitative estimate of drug-likeness (QED) is 0.841. The van der Waals surface area contributed by atoms with Gasteiger partial charge in [-0.15, -0.1) is 0 Å². The van der Waals surface area contributed by atoms with Crippen LogP contribution in [0.3, 0.4) is 0 Å². The molecule has 7 heteroatoms. The summed E-state index contributed by atoms with van der Waals surface area (Å²) in [5, 5.41) is 18.1. The van der Waals surface area contributed by atoms with E-state index >= 15 is 0 Å². The first-order valence-corrected chi connectivity index (χ1v) is 6.98. The number of benzene rings is 1. The van der Waals surface area contributed by atoms with Crippen LogP contribution in [0.25, 0.3) is 11.0 Å². The lowest BCUT2D eigenvalue weighted by molar-refractivity contribution is 0.268. The van der Waals surface area contributed by atoms with Gasteiger partial charge in [-0.25, -0.2) is 4.79 Å². The third-order valence-corrected chi connectivity index (χ3v) is 4.55. The molecule has 0 fully saturated rings. The molecule has 1 heterocycles. The Hall–Kier alpha value is -0.630. The highest BCUT2D eigenvalue weighted by Gasteiger charge is 2.14. The molecule has 0 aliphatic heterocycles. The summed E-state index contributed by atoms with van der Waals surface area (Å²) in [5.74, 6) is 0. The van der Waals surface area contributed by atoms with Gasteiger partial charge in [-0.3, -0.25) is 9.13 Å². The standard InChI is InChI=1S/C11H12Br2N2O3/c12-7-5-9-10(6-8(7)13)15(2-4-17)11(18)14(9)1-3-16/h5-6,16-17H,1-4H2. The molecule has 1 aromatic heterocycles. The zero-order valence-corrected chi connectivity index (χ0v) is 12.6. The number of fused-ring (bicyclic) bond motifs is 1. The van der Waals surface area contributed by atoms with Crippen LogP contribution in [0.5, 0.6) is 0 Å². The molecule has 0 aliphatic rings. The molecule has 2 rings (SSSR count). The van der Waals surface area contributed by atoms with Crippen molar-refractivity contribution in [2.75, 3.05) is 13.2 Å². The van der Waals surface area contributed by atoms with Crippen molar-refractivity contribution in [3.8, 4) is 0 Å². The van der Waals surface area contributed by atoms with Crippen molar-refractivity contribution in [1.82, 2.24) is 9.13 Å². The number of imidazole rings is 1. The lowest BCUT2D eigenvalue weighted by atomic mass is 10.3. The van der Waals surface area contributed by atoms with E-state index in [1.54, 1.807) is 0 Å². The van der Waals surface area contributed by atoms with Crippen LogP contribution in [-0.2, 0) is 13.1 Å². The zero-order chi connectivity index (χ0) is 13.3. The Balaban J connectivity index is 2.79. The van der Waals surface area contributed by atoms with Crippen molar-refractivity contribution in [1.29, 1.82) is 0 Å². The second-order valence-corrected chi connectivity index (χ2v) is 5.50. The Kier molecular flexibility index (Phi) is 4.26. The van der Waals surface area contributed by atoms with Gasteiger partial charge in [-0.05, 0) is 44.0 Å². The molecular formula is C11H12Br2N2O3. The minimum Gasteiger partial charge on any atom is -0.395 e. The summed E-state index contributed by atoms with van der Waals surface area (Å²) < 4.78 is 4.68. The molecule has 0 bridgehead atoms. The Morgan fingerprint density at radius 1 is 0.944 bits per heavy atom. The predicted molar refractivity (Wildman–Crippen MR) is 75.8 cm³/mol. The van der Waals surface area contributed by atoms with E-state index in [1.165, 1.54) is 9.13 Å². The maximum Gasteiger partial charge on any atom is 0.329 e. The van der Waals surface area contributed by atoms with Crippen molar-refractivity contribution in [2.24, 2.45) is 0 Å². The second-order valence-electron chi connectivity index (χ2n) is 3.79. The Morgan fingerprint density at radius 3 is 1.67 bits per heavy atom. The fourth-order valence-electron chi connectivity index (χ4n) is 1.94. The zero-order valence-electron chi connectivity index (χ0n) is 9.44. The van der Waals surface area contributed by atoms with Gasteiger partial charge in [0.2, 0.25) is 0 Å². The highest BCUT2D eigenvalue weighted by molar-refractivity contribution is 9.13. The van der Waals surface area contributed by atoms with E-state index < -0.39 is 0 Å². The molecule has 0 spiro atoms. The van der Waals surface area contributed by atoms with Gasteiger partial charge in [0.05, 0.1) is 37.3 Å². The highest BCUT2D eigenvalue weighted by atomic mass is 79.9. The van der Waals surface area contributed by atoms with Gasteiger partial charge in [0, 0.05) is 8.95 Å². The lowest BCUT2D eigenvalue weighted by Crippen LogP contribution is -2.26. The average molecular weight is 380 g/mol. The van der Waals surface area contributed by atoms with Crippen LogP contribution < -0.4 is 5.69 Å². The van der Waals surface area contributed by atoms with Gasteiger partial charge in [0.1, 0.15) is 0 Å². The number of nitrogens with zero attached hydrogens (tertiary/aromatic N) is 2. The molecule has 2 aromatic rings. The third kappa shape index (κ3) is 2.27. The lowest BCUT2D eigenvalue weighted by Gasteiger charge is -2.02. The van der Waals surface area contributed by atoms with Gasteiger partial charge in [-0.1, -0.05) is 0 Å². The van der Waals surface area contributed by atoms with Gasteiger partial charge < -0.3 is 10.2 Å². The minimum absolute atomic E-state index is 0.105. The summed E-state index contributed by atoms with van der Waals surface area (Å²) in [5.41, 5.74) is 1.24. The molecule has 1 aromatic carbocycles. The van der Waals surface area contributed by atoms with Crippen LogP contribution in [0.1, 0.15) is 0 Å². The average Bonchev–Trinajstić information content (AvgIpc) is 2.57. The van der Waals surface area contributed by atoms with Crippen molar-refractivity contribution in [3.05, 3.63) is 31.6 Å². The fraction of sp³-hybridized carbons (Fsp3) is 0.364. The Morgan fingerprint density at radius 2 is 1.33 bits per heavy atom. The maximum absolute atomic E-state index is 12.2.